The molecule has 2 aromatic heterocycles. The summed E-state index contributed by atoms with van der Waals surface area (Å²) in [5.41, 5.74) is 1.97. The molecule has 0 spiro atoms. The summed E-state index contributed by atoms with van der Waals surface area (Å²) in [4.78, 5) is 31.4. The standard InChI is InChI=1S/C20H22N2O2S/c1-4-8-16-21-19-18(20(24)22(16)12-11-13(2)23)17(14(3)25-19)15-9-6-5-7-10-15/h5-7,9-10H,4,8,11-12H2,1-3H3. The highest BCUT2D eigenvalue weighted by molar-refractivity contribution is 7.19. The second kappa shape index (κ2) is 7.31. The van der Waals surface area contributed by atoms with Crippen molar-refractivity contribution >= 4 is 27.3 Å². The van der Waals surface area contributed by atoms with Crippen molar-refractivity contribution in [3.63, 3.8) is 0 Å². The van der Waals surface area contributed by atoms with E-state index in [2.05, 4.69) is 6.92 Å². The minimum absolute atomic E-state index is 0.0297. The fraction of sp³-hybridized carbons (Fsp3) is 0.350. The molecule has 0 unspecified atom stereocenters. The van der Waals surface area contributed by atoms with Crippen molar-refractivity contribution in [2.24, 2.45) is 0 Å². The van der Waals surface area contributed by atoms with Crippen LogP contribution in [0.3, 0.4) is 0 Å². The van der Waals surface area contributed by atoms with Gasteiger partial charge >= 0.3 is 0 Å². The molecule has 130 valence electrons. The number of aromatic nitrogens is 2. The van der Waals surface area contributed by atoms with Crippen LogP contribution in [-0.2, 0) is 17.8 Å². The van der Waals surface area contributed by atoms with Crippen molar-refractivity contribution in [2.75, 3.05) is 0 Å². The maximum atomic E-state index is 13.3. The normalized spacial score (nSPS) is 11.2. The predicted octanol–water partition coefficient (Wildman–Crippen LogP) is 4.37. The van der Waals surface area contributed by atoms with E-state index in [4.69, 9.17) is 4.98 Å². The molecule has 0 fully saturated rings. The van der Waals surface area contributed by atoms with E-state index in [1.165, 1.54) is 0 Å². The second-order valence-corrected chi connectivity index (χ2v) is 7.47. The van der Waals surface area contributed by atoms with Crippen LogP contribution in [0.25, 0.3) is 21.3 Å². The van der Waals surface area contributed by atoms with E-state index in [-0.39, 0.29) is 11.3 Å². The summed E-state index contributed by atoms with van der Waals surface area (Å²) < 4.78 is 1.70. The smallest absolute Gasteiger partial charge is 0.262 e. The molecule has 3 rings (SSSR count). The minimum Gasteiger partial charge on any atom is -0.300 e. The van der Waals surface area contributed by atoms with Crippen molar-refractivity contribution < 1.29 is 4.79 Å². The fourth-order valence-corrected chi connectivity index (χ4v) is 4.16. The largest absolute Gasteiger partial charge is 0.300 e. The van der Waals surface area contributed by atoms with E-state index in [1.54, 1.807) is 22.8 Å². The monoisotopic (exact) mass is 354 g/mol. The second-order valence-electron chi connectivity index (χ2n) is 6.27. The Morgan fingerprint density at radius 3 is 2.60 bits per heavy atom. The van der Waals surface area contributed by atoms with Gasteiger partial charge in [0.1, 0.15) is 16.4 Å². The number of thiophene rings is 1. The number of Topliss-reactive ketones (excluding diaryl/α,β-unsaturated/α-hetero) is 1. The number of nitrogens with zero attached hydrogens (tertiary/aromatic N) is 2. The summed E-state index contributed by atoms with van der Waals surface area (Å²) in [7, 11) is 0. The van der Waals surface area contributed by atoms with Crippen LogP contribution in [0.2, 0.25) is 0 Å². The molecular formula is C20H22N2O2S. The average molecular weight is 354 g/mol. The topological polar surface area (TPSA) is 52.0 Å². The third-order valence-corrected chi connectivity index (χ3v) is 5.29. The van der Waals surface area contributed by atoms with Gasteiger partial charge in [-0.05, 0) is 25.8 Å². The third-order valence-electron chi connectivity index (χ3n) is 4.29. The summed E-state index contributed by atoms with van der Waals surface area (Å²) >= 11 is 1.57. The van der Waals surface area contributed by atoms with Crippen LogP contribution in [0, 0.1) is 6.92 Å². The Hall–Kier alpha value is -2.27. The van der Waals surface area contributed by atoms with E-state index in [9.17, 15) is 9.59 Å². The Bertz CT molecular complexity index is 971. The molecule has 0 N–H and O–H groups in total. The molecule has 0 aliphatic heterocycles. The van der Waals surface area contributed by atoms with E-state index in [0.717, 1.165) is 39.5 Å². The van der Waals surface area contributed by atoms with Gasteiger partial charge in [-0.15, -0.1) is 11.3 Å². The first kappa shape index (κ1) is 17.5. The van der Waals surface area contributed by atoms with Gasteiger partial charge in [0.05, 0.1) is 5.39 Å². The number of carbonyl (C=O) groups is 1. The van der Waals surface area contributed by atoms with Crippen LogP contribution in [0.1, 0.15) is 37.4 Å². The molecular weight excluding hydrogens is 332 g/mol. The van der Waals surface area contributed by atoms with E-state index in [1.807, 2.05) is 37.3 Å². The molecule has 0 radical (unpaired) electrons. The Kier molecular flexibility index (Phi) is 5.13. The Morgan fingerprint density at radius 2 is 1.96 bits per heavy atom. The summed E-state index contributed by atoms with van der Waals surface area (Å²) in [5, 5.41) is 0.678. The third kappa shape index (κ3) is 3.42. The number of benzene rings is 1. The Morgan fingerprint density at radius 1 is 1.24 bits per heavy atom. The zero-order valence-electron chi connectivity index (χ0n) is 14.8. The van der Waals surface area contributed by atoms with Gasteiger partial charge in [-0.3, -0.25) is 14.2 Å². The van der Waals surface area contributed by atoms with Gasteiger partial charge in [0, 0.05) is 29.8 Å². The molecule has 5 heteroatoms. The summed E-state index contributed by atoms with van der Waals surface area (Å²) in [6.07, 6.45) is 2.00. The van der Waals surface area contributed by atoms with Gasteiger partial charge in [-0.25, -0.2) is 4.98 Å². The molecule has 2 heterocycles. The molecule has 0 bridgehead atoms. The first-order valence-corrected chi connectivity index (χ1v) is 9.42. The molecule has 4 nitrogen and oxygen atoms in total. The molecule has 0 saturated heterocycles. The maximum Gasteiger partial charge on any atom is 0.262 e. The lowest BCUT2D eigenvalue weighted by Crippen LogP contribution is -2.26. The van der Waals surface area contributed by atoms with Crippen molar-refractivity contribution in [1.29, 1.82) is 0 Å². The first-order valence-electron chi connectivity index (χ1n) is 8.60. The molecule has 25 heavy (non-hydrogen) atoms. The van der Waals surface area contributed by atoms with Crippen LogP contribution in [0.5, 0.6) is 0 Å². The van der Waals surface area contributed by atoms with Crippen LogP contribution in [-0.4, -0.2) is 15.3 Å². The van der Waals surface area contributed by atoms with Gasteiger partial charge < -0.3 is 0 Å². The van der Waals surface area contributed by atoms with E-state index < -0.39 is 0 Å². The SMILES string of the molecule is CCCc1nc2sc(C)c(-c3ccccc3)c2c(=O)n1CCC(C)=O. The lowest BCUT2D eigenvalue weighted by molar-refractivity contribution is -0.117. The van der Waals surface area contributed by atoms with Crippen LogP contribution in [0.4, 0.5) is 0 Å². The number of hydrogen-bond donors (Lipinski definition) is 0. The van der Waals surface area contributed by atoms with Gasteiger partial charge in [-0.1, -0.05) is 37.3 Å². The van der Waals surface area contributed by atoms with Crippen LogP contribution < -0.4 is 5.56 Å². The molecule has 0 atom stereocenters. The number of ketones is 1. The molecule has 0 aliphatic carbocycles. The summed E-state index contributed by atoms with van der Waals surface area (Å²) in [6, 6.07) is 9.97. The van der Waals surface area contributed by atoms with Gasteiger partial charge in [0.15, 0.2) is 0 Å². The quantitative estimate of drug-likeness (QED) is 0.661. The van der Waals surface area contributed by atoms with Gasteiger partial charge in [0.25, 0.3) is 5.56 Å². The number of aryl methyl sites for hydroxylation is 2. The van der Waals surface area contributed by atoms with Crippen molar-refractivity contribution in [3.05, 3.63) is 51.4 Å². The Labute approximate surface area is 151 Å². The lowest BCUT2D eigenvalue weighted by Gasteiger charge is -2.11. The van der Waals surface area contributed by atoms with Crippen LogP contribution in [0.15, 0.2) is 35.1 Å². The van der Waals surface area contributed by atoms with E-state index in [0.29, 0.717) is 18.4 Å². The van der Waals surface area contributed by atoms with Crippen molar-refractivity contribution in [1.82, 2.24) is 9.55 Å². The number of hydrogen-bond acceptors (Lipinski definition) is 4. The van der Waals surface area contributed by atoms with E-state index >= 15 is 0 Å². The summed E-state index contributed by atoms with van der Waals surface area (Å²) in [5.74, 6) is 0.862. The number of fused-ring (bicyclic) bond motifs is 1. The predicted molar refractivity (Wildman–Crippen MR) is 103 cm³/mol. The number of rotatable bonds is 6. The minimum atomic E-state index is -0.0297. The molecule has 0 aliphatic rings. The highest BCUT2D eigenvalue weighted by Crippen LogP contribution is 2.35. The Balaban J connectivity index is 2.27. The first-order chi connectivity index (χ1) is 12.0. The van der Waals surface area contributed by atoms with Gasteiger partial charge in [-0.2, -0.15) is 0 Å². The van der Waals surface area contributed by atoms with Gasteiger partial charge in [0.2, 0.25) is 0 Å². The fourth-order valence-electron chi connectivity index (χ4n) is 3.10. The average Bonchev–Trinajstić information content (AvgIpc) is 2.91. The summed E-state index contributed by atoms with van der Waals surface area (Å²) in [6.45, 7) is 6.06. The highest BCUT2D eigenvalue weighted by Gasteiger charge is 2.19. The van der Waals surface area contributed by atoms with Crippen LogP contribution >= 0.6 is 11.3 Å². The molecule has 0 amide bonds. The highest BCUT2D eigenvalue weighted by atomic mass is 32.1. The zero-order valence-corrected chi connectivity index (χ0v) is 15.7. The number of carbonyl (C=O) groups excluding carboxylic acids is 1. The molecule has 3 aromatic rings. The maximum absolute atomic E-state index is 13.3. The van der Waals surface area contributed by atoms with Crippen molar-refractivity contribution in [3.8, 4) is 11.1 Å². The molecule has 1 aromatic carbocycles. The zero-order chi connectivity index (χ0) is 18.0. The molecule has 0 saturated carbocycles. The van der Waals surface area contributed by atoms with Crippen molar-refractivity contribution in [2.45, 2.75) is 46.6 Å². The lowest BCUT2D eigenvalue weighted by atomic mass is 10.0.